The zero-order chi connectivity index (χ0) is 11.1. The number of ether oxygens (including phenoxy) is 3. The molecule has 0 spiro atoms. The van der Waals surface area contributed by atoms with E-state index in [0.29, 0.717) is 6.42 Å². The van der Waals surface area contributed by atoms with Crippen molar-refractivity contribution in [3.05, 3.63) is 0 Å². The van der Waals surface area contributed by atoms with Gasteiger partial charge in [-0.2, -0.15) is 0 Å². The topological polar surface area (TPSA) is 61.8 Å². The molecule has 5 heteroatoms. The Morgan fingerprint density at radius 3 is 1.93 bits per heavy atom. The van der Waals surface area contributed by atoms with Gasteiger partial charge in [0.25, 0.3) is 0 Å². The van der Waals surface area contributed by atoms with Crippen molar-refractivity contribution in [2.75, 3.05) is 21.3 Å². The lowest BCUT2D eigenvalue weighted by Crippen LogP contribution is -2.35. The first-order valence-electron chi connectivity index (χ1n) is 4.29. The summed E-state index contributed by atoms with van der Waals surface area (Å²) in [5.74, 6) is -1.79. The second-order valence-corrected chi connectivity index (χ2v) is 2.69. The molecule has 0 aliphatic rings. The lowest BCUT2D eigenvalue weighted by Gasteiger charge is -2.17. The van der Waals surface area contributed by atoms with Gasteiger partial charge in [-0.25, -0.2) is 0 Å². The van der Waals surface area contributed by atoms with Gasteiger partial charge >= 0.3 is 5.97 Å². The molecule has 0 N–H and O–H groups in total. The van der Waals surface area contributed by atoms with E-state index in [-0.39, 0.29) is 0 Å². The normalized spacial score (nSPS) is 12.6. The maximum Gasteiger partial charge on any atom is 0.316 e. The third kappa shape index (κ3) is 3.08. The Bertz CT molecular complexity index is 197. The zero-order valence-corrected chi connectivity index (χ0v) is 8.90. The predicted molar refractivity (Wildman–Crippen MR) is 48.6 cm³/mol. The van der Waals surface area contributed by atoms with Gasteiger partial charge in [0.05, 0.1) is 7.11 Å². The second-order valence-electron chi connectivity index (χ2n) is 2.69. The molecule has 0 aromatic rings. The minimum absolute atomic E-state index is 0.370. The Balaban J connectivity index is 4.51. The molecule has 1 atom stereocenters. The highest BCUT2D eigenvalue weighted by Gasteiger charge is 2.31. The van der Waals surface area contributed by atoms with Crippen LogP contribution in [0.1, 0.15) is 13.3 Å². The molecule has 0 aromatic heterocycles. The average Bonchev–Trinajstić information content (AvgIpc) is 2.20. The van der Waals surface area contributed by atoms with E-state index in [4.69, 9.17) is 9.47 Å². The van der Waals surface area contributed by atoms with Crippen LogP contribution in [0.5, 0.6) is 0 Å². The molecule has 0 radical (unpaired) electrons. The van der Waals surface area contributed by atoms with Gasteiger partial charge < -0.3 is 14.2 Å². The summed E-state index contributed by atoms with van der Waals surface area (Å²) in [6, 6.07) is 0. The van der Waals surface area contributed by atoms with Crippen LogP contribution in [0.15, 0.2) is 0 Å². The van der Waals surface area contributed by atoms with E-state index in [2.05, 4.69) is 4.74 Å². The molecule has 14 heavy (non-hydrogen) atoms. The molecule has 0 saturated heterocycles. The number of Topliss-reactive ketones (excluding diaryl/α,β-unsaturated/α-hetero) is 1. The minimum Gasteiger partial charge on any atom is -0.468 e. The summed E-state index contributed by atoms with van der Waals surface area (Å²) in [5, 5.41) is 0. The van der Waals surface area contributed by atoms with Crippen LogP contribution in [-0.4, -0.2) is 39.4 Å². The zero-order valence-electron chi connectivity index (χ0n) is 8.90. The molecule has 82 valence electrons. The molecular formula is C9H16O5. The first-order valence-corrected chi connectivity index (χ1v) is 4.29. The second kappa shape index (κ2) is 6.50. The van der Waals surface area contributed by atoms with Crippen molar-refractivity contribution in [2.24, 2.45) is 5.92 Å². The molecule has 5 nitrogen and oxygen atoms in total. The Morgan fingerprint density at radius 1 is 1.14 bits per heavy atom. The van der Waals surface area contributed by atoms with Crippen LogP contribution in [0, 0.1) is 5.92 Å². The number of esters is 1. The van der Waals surface area contributed by atoms with Crippen LogP contribution >= 0.6 is 0 Å². The fraction of sp³-hybridized carbons (Fsp3) is 0.778. The maximum absolute atomic E-state index is 11.6. The van der Waals surface area contributed by atoms with Crippen LogP contribution in [-0.2, 0) is 23.8 Å². The lowest BCUT2D eigenvalue weighted by molar-refractivity contribution is -0.168. The van der Waals surface area contributed by atoms with Gasteiger partial charge in [0, 0.05) is 14.2 Å². The number of hydrogen-bond donors (Lipinski definition) is 0. The minimum atomic E-state index is -1.00. The third-order valence-electron chi connectivity index (χ3n) is 1.90. The van der Waals surface area contributed by atoms with Crippen molar-refractivity contribution in [3.63, 3.8) is 0 Å². The van der Waals surface area contributed by atoms with Crippen LogP contribution in [0.25, 0.3) is 0 Å². The quantitative estimate of drug-likeness (QED) is 0.355. The molecule has 0 amide bonds. The molecule has 0 aromatic carbocycles. The van der Waals surface area contributed by atoms with Crippen LogP contribution in [0.2, 0.25) is 0 Å². The van der Waals surface area contributed by atoms with Crippen molar-refractivity contribution in [1.82, 2.24) is 0 Å². The Labute approximate surface area is 83.3 Å². The number of rotatable bonds is 6. The summed E-state index contributed by atoms with van der Waals surface area (Å²) in [4.78, 5) is 22.8. The summed E-state index contributed by atoms with van der Waals surface area (Å²) in [6.07, 6.45) is -0.631. The van der Waals surface area contributed by atoms with E-state index in [1.165, 1.54) is 21.3 Å². The number of ketones is 1. The predicted octanol–water partition coefficient (Wildman–Crippen LogP) is 0.374. The first kappa shape index (κ1) is 13.1. The van der Waals surface area contributed by atoms with E-state index in [0.717, 1.165) is 0 Å². The summed E-state index contributed by atoms with van der Waals surface area (Å²) < 4.78 is 14.0. The van der Waals surface area contributed by atoms with Gasteiger partial charge in [0.1, 0.15) is 5.92 Å². The fourth-order valence-corrected chi connectivity index (χ4v) is 1.12. The number of hydrogen-bond acceptors (Lipinski definition) is 5. The van der Waals surface area contributed by atoms with E-state index < -0.39 is 24.0 Å². The Kier molecular flexibility index (Phi) is 6.07. The molecule has 0 aliphatic heterocycles. The monoisotopic (exact) mass is 204 g/mol. The van der Waals surface area contributed by atoms with Crippen molar-refractivity contribution in [3.8, 4) is 0 Å². The molecule has 0 fully saturated rings. The van der Waals surface area contributed by atoms with Crippen molar-refractivity contribution >= 4 is 11.8 Å². The summed E-state index contributed by atoms with van der Waals surface area (Å²) in [6.45, 7) is 1.72. The van der Waals surface area contributed by atoms with Gasteiger partial charge in [-0.1, -0.05) is 6.92 Å². The lowest BCUT2D eigenvalue weighted by atomic mass is 10.0. The number of carbonyl (C=O) groups is 2. The molecule has 0 saturated carbocycles. The largest absolute Gasteiger partial charge is 0.468 e. The van der Waals surface area contributed by atoms with E-state index in [9.17, 15) is 9.59 Å². The standard InChI is InChI=1S/C9H16O5/c1-5-6(8(11)12-2)7(10)9(13-3)14-4/h6,9H,5H2,1-4H3. The maximum atomic E-state index is 11.6. The molecule has 1 unspecified atom stereocenters. The van der Waals surface area contributed by atoms with Crippen molar-refractivity contribution in [2.45, 2.75) is 19.6 Å². The van der Waals surface area contributed by atoms with E-state index in [1.807, 2.05) is 0 Å². The summed E-state index contributed by atoms with van der Waals surface area (Å²) >= 11 is 0. The highest BCUT2D eigenvalue weighted by Crippen LogP contribution is 2.11. The third-order valence-corrected chi connectivity index (χ3v) is 1.90. The molecule has 0 heterocycles. The summed E-state index contributed by atoms with van der Waals surface area (Å²) in [7, 11) is 3.93. The Morgan fingerprint density at radius 2 is 1.64 bits per heavy atom. The van der Waals surface area contributed by atoms with E-state index >= 15 is 0 Å². The van der Waals surface area contributed by atoms with Crippen LogP contribution in [0.4, 0.5) is 0 Å². The van der Waals surface area contributed by atoms with Crippen LogP contribution < -0.4 is 0 Å². The Hall–Kier alpha value is -0.940. The highest BCUT2D eigenvalue weighted by atomic mass is 16.7. The SMILES string of the molecule is CCC(C(=O)OC)C(=O)C(OC)OC. The van der Waals surface area contributed by atoms with Crippen molar-refractivity contribution < 1.29 is 23.8 Å². The molecule has 0 bridgehead atoms. The van der Waals surface area contributed by atoms with Gasteiger partial charge in [-0.3, -0.25) is 9.59 Å². The summed E-state index contributed by atoms with van der Waals surface area (Å²) in [5.41, 5.74) is 0. The van der Waals surface area contributed by atoms with Crippen molar-refractivity contribution in [1.29, 1.82) is 0 Å². The highest BCUT2D eigenvalue weighted by molar-refractivity contribution is 6.00. The average molecular weight is 204 g/mol. The van der Waals surface area contributed by atoms with Gasteiger partial charge in [-0.05, 0) is 6.42 Å². The first-order chi connectivity index (χ1) is 6.62. The molecular weight excluding hydrogens is 188 g/mol. The smallest absolute Gasteiger partial charge is 0.316 e. The van der Waals surface area contributed by atoms with Crippen LogP contribution in [0.3, 0.4) is 0 Å². The number of carbonyl (C=O) groups excluding carboxylic acids is 2. The van der Waals surface area contributed by atoms with Gasteiger partial charge in [0.2, 0.25) is 12.1 Å². The number of methoxy groups -OCH3 is 3. The van der Waals surface area contributed by atoms with Gasteiger partial charge in [-0.15, -0.1) is 0 Å². The molecule has 0 aliphatic carbocycles. The molecule has 0 rings (SSSR count). The van der Waals surface area contributed by atoms with Gasteiger partial charge in [0.15, 0.2) is 0 Å². The van der Waals surface area contributed by atoms with E-state index in [1.54, 1.807) is 6.92 Å². The fourth-order valence-electron chi connectivity index (χ4n) is 1.12.